The Bertz CT molecular complexity index is 1150. The van der Waals surface area contributed by atoms with Gasteiger partial charge < -0.3 is 39.3 Å². The average molecular weight is 675 g/mol. The molecule has 0 bridgehead atoms. The minimum Gasteiger partial charge on any atom is -0.457 e. The van der Waals surface area contributed by atoms with E-state index in [1.807, 2.05) is 57.7 Å². The third-order valence-electron chi connectivity index (χ3n) is 10.8. The van der Waals surface area contributed by atoms with Gasteiger partial charge in [-0.25, -0.2) is 4.79 Å². The molecule has 4 rings (SSSR count). The van der Waals surface area contributed by atoms with Gasteiger partial charge >= 0.3 is 12.1 Å². The van der Waals surface area contributed by atoms with E-state index < -0.39 is 36.0 Å². The summed E-state index contributed by atoms with van der Waals surface area (Å²) in [5, 5.41) is 31.9. The number of ether oxygens (including phenoxy) is 3. The number of cyclic esters (lactones) is 1. The van der Waals surface area contributed by atoms with Gasteiger partial charge in [0.25, 0.3) is 0 Å². The quantitative estimate of drug-likeness (QED) is 0.118. The van der Waals surface area contributed by atoms with Crippen LogP contribution >= 0.6 is 0 Å². The Hall–Kier alpha value is -2.24. The van der Waals surface area contributed by atoms with Crippen molar-refractivity contribution in [2.75, 3.05) is 26.2 Å². The number of allylic oxidation sites excluding steroid dienone is 2. The largest absolute Gasteiger partial charge is 0.457 e. The average Bonchev–Trinajstić information content (AvgIpc) is 3.37. The minimum atomic E-state index is -1.12. The topological polar surface area (TPSA) is 132 Å². The molecule has 10 nitrogen and oxygen atoms in total. The molecule has 3 N–H and O–H groups in total. The third-order valence-corrected chi connectivity index (χ3v) is 10.8. The van der Waals surface area contributed by atoms with E-state index in [9.17, 15) is 24.9 Å². The lowest BCUT2D eigenvalue weighted by molar-refractivity contribution is -0.151. The van der Waals surface area contributed by atoms with Crippen LogP contribution in [0.1, 0.15) is 99.3 Å². The number of nitrogens with zero attached hydrogens (tertiary/aromatic N) is 2. The highest BCUT2D eigenvalue weighted by molar-refractivity contribution is 5.70. The molecule has 3 fully saturated rings. The maximum Gasteiger partial charge on any atom is 0.410 e. The van der Waals surface area contributed by atoms with E-state index in [1.165, 1.54) is 12.8 Å². The highest BCUT2D eigenvalue weighted by atomic mass is 16.6. The van der Waals surface area contributed by atoms with Crippen LogP contribution in [0.5, 0.6) is 0 Å². The Balaban J connectivity index is 1.43. The van der Waals surface area contributed by atoms with E-state index in [4.69, 9.17) is 14.2 Å². The molecule has 0 aliphatic carbocycles. The summed E-state index contributed by atoms with van der Waals surface area (Å²) in [6.07, 6.45) is 12.7. The van der Waals surface area contributed by atoms with E-state index in [0.29, 0.717) is 32.2 Å². The lowest BCUT2D eigenvalue weighted by atomic mass is 9.91. The van der Waals surface area contributed by atoms with Gasteiger partial charge in [-0.2, -0.15) is 0 Å². The summed E-state index contributed by atoms with van der Waals surface area (Å²) in [5.74, 6) is -0.753. The summed E-state index contributed by atoms with van der Waals surface area (Å²) in [7, 11) is 0. The first kappa shape index (κ1) is 38.6. The molecule has 0 aromatic heterocycles. The first-order valence-corrected chi connectivity index (χ1v) is 18.4. The van der Waals surface area contributed by atoms with Crippen molar-refractivity contribution in [2.24, 2.45) is 17.8 Å². The summed E-state index contributed by atoms with van der Waals surface area (Å²) in [6.45, 7) is 15.3. The van der Waals surface area contributed by atoms with Crippen LogP contribution in [0.2, 0.25) is 0 Å². The van der Waals surface area contributed by atoms with E-state index >= 15 is 0 Å². The molecule has 1 amide bonds. The first-order valence-electron chi connectivity index (χ1n) is 18.4. The van der Waals surface area contributed by atoms with Gasteiger partial charge in [-0.3, -0.25) is 4.79 Å². The maximum absolute atomic E-state index is 13.5. The number of rotatable bonds is 11. The normalized spacial score (nSPS) is 35.7. The summed E-state index contributed by atoms with van der Waals surface area (Å²) in [4.78, 5) is 30.7. The number of aliphatic hydroxyl groups excluding tert-OH is 2. The van der Waals surface area contributed by atoms with Crippen LogP contribution in [-0.4, -0.2) is 112 Å². The molecule has 4 aliphatic heterocycles. The maximum atomic E-state index is 13.5. The molecule has 10 unspecified atom stereocenters. The molecule has 4 aliphatic rings. The third kappa shape index (κ3) is 11.1. The van der Waals surface area contributed by atoms with E-state index in [0.717, 1.165) is 38.0 Å². The van der Waals surface area contributed by atoms with Crippen LogP contribution in [0.3, 0.4) is 0 Å². The fourth-order valence-electron chi connectivity index (χ4n) is 7.51. The molecule has 0 spiro atoms. The molecule has 0 radical (unpaired) electrons. The molecule has 3 saturated heterocycles. The summed E-state index contributed by atoms with van der Waals surface area (Å²) in [5.41, 5.74) is -0.343. The SMILES string of the molecule is CCC(O)C(C)C1OC1CC(C)(O)/C=C/C=C(\C)C1OC(=O)CC(O)CCC(C)C(OC(=O)N2CCC[C@H]2CN2CCCC2)/C=C\C1C. The van der Waals surface area contributed by atoms with Crippen molar-refractivity contribution in [1.82, 2.24) is 9.80 Å². The number of epoxide rings is 1. The minimum absolute atomic E-state index is 0.00813. The Morgan fingerprint density at radius 2 is 1.88 bits per heavy atom. The van der Waals surface area contributed by atoms with Crippen LogP contribution in [0.15, 0.2) is 36.0 Å². The van der Waals surface area contributed by atoms with Crippen molar-refractivity contribution >= 4 is 12.1 Å². The molecule has 10 heteroatoms. The van der Waals surface area contributed by atoms with Crippen molar-refractivity contribution in [3.05, 3.63) is 36.0 Å². The van der Waals surface area contributed by atoms with E-state index in [2.05, 4.69) is 4.90 Å². The fraction of sp³-hybridized carbons (Fsp3) is 0.789. The van der Waals surface area contributed by atoms with Crippen molar-refractivity contribution in [1.29, 1.82) is 0 Å². The van der Waals surface area contributed by atoms with Gasteiger partial charge in [-0.1, -0.05) is 52.0 Å². The lowest BCUT2D eigenvalue weighted by Crippen LogP contribution is -2.44. The van der Waals surface area contributed by atoms with Crippen molar-refractivity contribution in [3.8, 4) is 0 Å². The van der Waals surface area contributed by atoms with Crippen LogP contribution in [0.25, 0.3) is 0 Å². The van der Waals surface area contributed by atoms with Crippen molar-refractivity contribution in [3.63, 3.8) is 0 Å². The number of likely N-dealkylation sites (tertiary alicyclic amines) is 2. The van der Waals surface area contributed by atoms with Gasteiger partial charge in [0, 0.05) is 37.4 Å². The Morgan fingerprint density at radius 3 is 2.58 bits per heavy atom. The van der Waals surface area contributed by atoms with Gasteiger partial charge in [0.15, 0.2) is 0 Å². The van der Waals surface area contributed by atoms with Gasteiger partial charge in [-0.15, -0.1) is 0 Å². The zero-order valence-electron chi connectivity index (χ0n) is 30.1. The van der Waals surface area contributed by atoms with E-state index in [-0.39, 0.29) is 48.5 Å². The molecular formula is C38H62N2O8. The van der Waals surface area contributed by atoms with Gasteiger partial charge in [0.1, 0.15) is 12.2 Å². The molecule has 272 valence electrons. The molecular weight excluding hydrogens is 612 g/mol. The number of esters is 1. The number of hydrogen-bond donors (Lipinski definition) is 3. The summed E-state index contributed by atoms with van der Waals surface area (Å²) in [6, 6.07) is 0.169. The summed E-state index contributed by atoms with van der Waals surface area (Å²) >= 11 is 0. The molecule has 4 heterocycles. The molecule has 0 aromatic carbocycles. The molecule has 0 saturated carbocycles. The number of amides is 1. The summed E-state index contributed by atoms with van der Waals surface area (Å²) < 4.78 is 17.9. The number of carbonyl (C=O) groups is 2. The Labute approximate surface area is 288 Å². The molecule has 0 aromatic rings. The second kappa shape index (κ2) is 17.6. The van der Waals surface area contributed by atoms with Crippen LogP contribution in [0.4, 0.5) is 4.79 Å². The van der Waals surface area contributed by atoms with Crippen LogP contribution in [-0.2, 0) is 19.0 Å². The van der Waals surface area contributed by atoms with Gasteiger partial charge in [0.05, 0.1) is 36.4 Å². The van der Waals surface area contributed by atoms with Crippen molar-refractivity contribution in [2.45, 2.75) is 148 Å². The van der Waals surface area contributed by atoms with Crippen LogP contribution in [0, 0.1) is 17.8 Å². The standard InChI is InChI=1S/C38H62N2O8/c1-7-31(42)28(5)36-33(46-36)23-38(6,45)18-10-12-26(3)35-27(4)15-17-32(25(2)14-16-30(41)22-34(43)48-35)47-37(44)40-21-11-13-29(40)24-39-19-8-9-20-39/h10,12,15,17-18,25,27-33,35-36,41-42,45H,7-9,11,13-14,16,19-24H2,1-6H3/b17-15-,18-10+,26-12+/t25?,27?,28?,29-,30?,31?,32?,33?,35?,36?,38?/m0/s1. The van der Waals surface area contributed by atoms with Crippen molar-refractivity contribution < 1.29 is 39.1 Å². The second-order valence-electron chi connectivity index (χ2n) is 15.2. The predicted molar refractivity (Wildman–Crippen MR) is 185 cm³/mol. The Morgan fingerprint density at radius 1 is 1.15 bits per heavy atom. The van der Waals surface area contributed by atoms with E-state index in [1.54, 1.807) is 19.1 Å². The molecule has 48 heavy (non-hydrogen) atoms. The monoisotopic (exact) mass is 674 g/mol. The number of hydrogen-bond acceptors (Lipinski definition) is 9. The predicted octanol–water partition coefficient (Wildman–Crippen LogP) is 5.15. The number of carbonyl (C=O) groups excluding carboxylic acids is 2. The highest BCUT2D eigenvalue weighted by Crippen LogP contribution is 2.37. The highest BCUT2D eigenvalue weighted by Gasteiger charge is 2.47. The van der Waals surface area contributed by atoms with Gasteiger partial charge in [-0.05, 0) is 89.4 Å². The zero-order chi connectivity index (χ0) is 35.0. The second-order valence-corrected chi connectivity index (χ2v) is 15.2. The molecule has 11 atom stereocenters. The first-order chi connectivity index (χ1) is 22.8. The van der Waals surface area contributed by atoms with Crippen LogP contribution < -0.4 is 0 Å². The smallest absolute Gasteiger partial charge is 0.410 e. The fourth-order valence-corrected chi connectivity index (χ4v) is 7.51. The number of aliphatic hydroxyl groups is 3. The zero-order valence-corrected chi connectivity index (χ0v) is 30.1. The van der Waals surface area contributed by atoms with Gasteiger partial charge in [0.2, 0.25) is 0 Å². The Kier molecular flexibility index (Phi) is 14.1. The lowest BCUT2D eigenvalue weighted by Gasteiger charge is -2.31.